The number of nitrogens with one attached hydrogen (secondary N) is 1. The van der Waals surface area contributed by atoms with E-state index in [0.29, 0.717) is 228 Å². The first-order valence-electron chi connectivity index (χ1n) is 50.7. The third-order valence-electron chi connectivity index (χ3n) is 29.5. The van der Waals surface area contributed by atoms with Crippen LogP contribution in [0.2, 0.25) is 0 Å². The second-order valence-electron chi connectivity index (χ2n) is 38.9. The lowest BCUT2D eigenvalue weighted by atomic mass is 9.61. The fourth-order valence-electron chi connectivity index (χ4n) is 20.2. The lowest BCUT2D eigenvalue weighted by Crippen LogP contribution is -2.63. The van der Waals surface area contributed by atoms with Crippen LogP contribution in [0.3, 0.4) is 0 Å². The van der Waals surface area contributed by atoms with E-state index in [1.165, 1.54) is 87.0 Å². The molecule has 20 rings (SSSR count). The number of rotatable bonds is 43. The molecule has 8 heterocycles. The number of amides is 2. The van der Waals surface area contributed by atoms with Crippen LogP contribution in [0.4, 0.5) is 26.3 Å². The molecule has 8 aliphatic rings. The number of carbonyl (C=O) groups excluding carboxylic acids is 8. The number of Topliss-reactive ketones (excluding diaryl/α,β-unsaturated/α-hetero) is 6. The Morgan fingerprint density at radius 2 is 0.680 bits per heavy atom. The largest absolute Gasteiger partial charge is 0.493 e. The van der Waals surface area contributed by atoms with E-state index >= 15 is 13.2 Å². The van der Waals surface area contributed by atoms with Crippen molar-refractivity contribution in [2.24, 2.45) is 16.2 Å². The van der Waals surface area contributed by atoms with Gasteiger partial charge < -0.3 is 61.7 Å². The molecular weight excluding hydrogens is 1940 g/mol. The van der Waals surface area contributed by atoms with Crippen LogP contribution in [0, 0.1) is 51.1 Å². The van der Waals surface area contributed by atoms with Crippen molar-refractivity contribution in [3.8, 4) is 69.0 Å². The highest BCUT2D eigenvalue weighted by Crippen LogP contribution is 2.50. The Hall–Kier alpha value is -14.3. The third-order valence-corrected chi connectivity index (χ3v) is 29.5. The molecule has 12 aromatic rings. The zero-order valence-corrected chi connectivity index (χ0v) is 83.7. The van der Waals surface area contributed by atoms with Crippen molar-refractivity contribution in [3.05, 3.63) is 269 Å². The van der Waals surface area contributed by atoms with Crippen LogP contribution in [0.1, 0.15) is 97.6 Å². The summed E-state index contributed by atoms with van der Waals surface area (Å²) in [5, 5.41) is 3.34. The number of fused-ring (bicyclic) bond motifs is 3. The van der Waals surface area contributed by atoms with Gasteiger partial charge in [-0.05, 0) is 188 Å². The van der Waals surface area contributed by atoms with E-state index in [-0.39, 0.29) is 133 Å². The van der Waals surface area contributed by atoms with Gasteiger partial charge in [0, 0.05) is 163 Å². The summed E-state index contributed by atoms with van der Waals surface area (Å²) in [6.45, 7) is 12.9. The Morgan fingerprint density at radius 1 is 0.353 bits per heavy atom. The molecule has 3 saturated carbocycles. The van der Waals surface area contributed by atoms with E-state index in [1.54, 1.807) is 140 Å². The molecule has 784 valence electrons. The quantitative estimate of drug-likeness (QED) is 0.0211. The van der Waals surface area contributed by atoms with Crippen LogP contribution in [-0.2, 0) is 91.1 Å². The summed E-state index contributed by atoms with van der Waals surface area (Å²) in [5.41, 5.74) is 4.81. The first-order chi connectivity index (χ1) is 72.8. The number of hydrazine groups is 1. The van der Waals surface area contributed by atoms with Crippen LogP contribution in [0.25, 0.3) is 32.7 Å². The number of methoxy groups -OCH3 is 3. The number of ether oxygens (including phenoxy) is 12. The minimum absolute atomic E-state index is 0.0105. The Kier molecular flexibility index (Phi) is 33.8. The number of benzene rings is 9. The fraction of sp³-hybridized carbons (Fsp3) is 0.383. The van der Waals surface area contributed by atoms with Crippen molar-refractivity contribution >= 4 is 79.2 Å². The molecule has 1 N–H and O–H groups in total. The van der Waals surface area contributed by atoms with Gasteiger partial charge in [-0.1, -0.05) is 73.9 Å². The highest BCUT2D eigenvalue weighted by atomic mass is 19.1. The molecule has 3 aliphatic carbocycles. The second-order valence-corrected chi connectivity index (χ2v) is 38.9. The van der Waals surface area contributed by atoms with E-state index in [0.717, 1.165) is 78.3 Å². The molecule has 35 heteroatoms. The zero-order valence-electron chi connectivity index (χ0n) is 83.7. The zero-order chi connectivity index (χ0) is 105. The normalized spacial score (nSPS) is 17.0. The van der Waals surface area contributed by atoms with Crippen LogP contribution in [0.5, 0.6) is 69.0 Å². The molecule has 8 fully saturated rings. The van der Waals surface area contributed by atoms with Crippen molar-refractivity contribution in [1.29, 1.82) is 0 Å². The van der Waals surface area contributed by atoms with Gasteiger partial charge in [0.15, 0.2) is 104 Å². The number of hydrogen-bond acceptors (Lipinski definition) is 27. The number of nitrogens with zero attached hydrogens (tertiary/aromatic N) is 8. The summed E-state index contributed by atoms with van der Waals surface area (Å²) in [7, 11) is 4.62. The molecule has 5 saturated heterocycles. The van der Waals surface area contributed by atoms with Gasteiger partial charge in [-0.25, -0.2) is 31.8 Å². The van der Waals surface area contributed by atoms with E-state index < -0.39 is 39.5 Å². The van der Waals surface area contributed by atoms with Crippen molar-refractivity contribution < 1.29 is 122 Å². The third kappa shape index (κ3) is 24.7. The molecule has 0 atom stereocenters. The molecule has 2 amide bonds. The molecule has 29 nitrogen and oxygen atoms in total. The molecule has 0 spiro atoms. The number of hydrogen-bond donors (Lipinski definition) is 1. The number of pyridine rings is 3. The number of aromatic nitrogens is 3. The Morgan fingerprint density at radius 3 is 1.01 bits per heavy atom. The van der Waals surface area contributed by atoms with Gasteiger partial charge in [0.05, 0.1) is 99.7 Å². The van der Waals surface area contributed by atoms with Crippen LogP contribution in [-0.4, -0.2) is 251 Å². The van der Waals surface area contributed by atoms with Crippen molar-refractivity contribution in [3.63, 3.8) is 0 Å². The maximum absolute atomic E-state index is 15.4. The van der Waals surface area contributed by atoms with E-state index in [4.69, 9.17) is 56.8 Å². The highest BCUT2D eigenvalue weighted by molar-refractivity contribution is 6.11. The number of likely N-dealkylation sites (tertiary alicyclic amines) is 2. The number of halogens is 6. The van der Waals surface area contributed by atoms with Gasteiger partial charge >= 0.3 is 0 Å². The second kappa shape index (κ2) is 48.1. The Bertz CT molecular complexity index is 6940. The van der Waals surface area contributed by atoms with E-state index in [1.807, 2.05) is 4.90 Å². The predicted octanol–water partition coefficient (Wildman–Crippen LogP) is 16.7. The minimum Gasteiger partial charge on any atom is -0.493 e. The standard InChI is InChI=1S/C39H39F2N3O7.C39H41F2N3O6.C37H37F2N3O7/c1-48-34-20-29-31(21-35(34)50-16-13-43-22-28(23-43)44-14-15-49-24-38(44)47)42-12-9-32(29)51-33-8-5-26(17-30(33)41)19-37(46)39(10-2-11-39)36(45)18-25-3-6-27(40)7-4-25;1-47-35-22-30-32(23-36(35)49-18-13-43-24-29(25-43)44-14-16-48-17-15-44)42-12-9-33(30)50-34-8-5-27(19-31(34)41)21-38(46)39(10-2-11-39)37(45)20-26-3-6-28(40)7-4-26;1-46-32-21-27-29(22-33(32)48-16-3-13-41-42-15-17-47-23-36(42)45)40-14-10-30(27)49-31-9-6-25(18-28(31)39)20-35(44)37(11-2-12-37)34(43)19-24-4-7-26(38)8-5-24/h3-9,12,17,20-21,28H,2,10-11,13-16,18-19,22-24H2,1H3;3-9,12,19,22-23,29H,2,10-11,13-18,20-21,24-25H2,1H3;4-10,14,18,21-22,41H,2-3,11-13,15-17,19-20,23H2,1H3. The topological polar surface area (TPSA) is 314 Å². The summed E-state index contributed by atoms with van der Waals surface area (Å²) < 4.78 is 155. The van der Waals surface area contributed by atoms with Crippen LogP contribution >= 0.6 is 0 Å². The Balaban J connectivity index is 0.000000147. The van der Waals surface area contributed by atoms with Crippen LogP contribution in [0.15, 0.2) is 201 Å². The van der Waals surface area contributed by atoms with Crippen molar-refractivity contribution in [2.45, 2.75) is 115 Å². The van der Waals surface area contributed by atoms with Gasteiger partial charge in [-0.3, -0.25) is 73.0 Å². The first kappa shape index (κ1) is 106. The molecule has 150 heavy (non-hydrogen) atoms. The van der Waals surface area contributed by atoms with Crippen LogP contribution < -0.4 is 48.1 Å². The SMILES string of the molecule is COc1cc2c(Oc3ccc(CC(=O)C4(C(=O)Cc5ccc(F)cc5)CCC4)cc3F)ccnc2cc1OCCCNN1CCOCC1=O.COc1cc2c(Oc3ccc(CC(=O)C4(C(=O)Cc5ccc(F)cc5)CCC4)cc3F)ccnc2cc1OCCN1CC(N2CCOCC2)C1.COc1cc2c(Oc3ccc(CC(=O)C4(C(=O)Cc5ccc(F)cc5)CCC4)cc3F)ccnc2cc1OCCN1CC(N2CCOCC2=O)C1. The highest BCUT2D eigenvalue weighted by Gasteiger charge is 2.52. The van der Waals surface area contributed by atoms with E-state index in [2.05, 4.69) is 35.1 Å². The van der Waals surface area contributed by atoms with Gasteiger partial charge in [-0.15, -0.1) is 0 Å². The lowest BCUT2D eigenvalue weighted by molar-refractivity contribution is -0.150. The van der Waals surface area contributed by atoms with Gasteiger partial charge in [0.25, 0.3) is 5.91 Å². The summed E-state index contributed by atoms with van der Waals surface area (Å²) in [6, 6.07) is 46.4. The number of ketones is 6. The number of carbonyl (C=O) groups is 8. The summed E-state index contributed by atoms with van der Waals surface area (Å²) >= 11 is 0. The minimum atomic E-state index is -1.10. The molecule has 9 aromatic carbocycles. The smallest absolute Gasteiger partial charge is 0.262 e. The first-order valence-corrected chi connectivity index (χ1v) is 50.7. The Labute approximate surface area is 863 Å². The van der Waals surface area contributed by atoms with Gasteiger partial charge in [-0.2, -0.15) is 0 Å². The maximum Gasteiger partial charge on any atom is 0.262 e. The maximum atomic E-state index is 15.4. The fourth-order valence-corrected chi connectivity index (χ4v) is 20.2. The molecule has 0 unspecified atom stereocenters. The summed E-state index contributed by atoms with van der Waals surface area (Å²) in [5.74, 6) is -0.459. The van der Waals surface area contributed by atoms with E-state index in [9.17, 15) is 51.5 Å². The average Bonchev–Trinajstić information content (AvgIpc) is 0.768. The molecular formula is C115H117F6N9O20. The molecule has 3 aromatic heterocycles. The van der Waals surface area contributed by atoms with Crippen molar-refractivity contribution in [1.82, 2.24) is 45.0 Å². The van der Waals surface area contributed by atoms with Gasteiger partial charge in [0.2, 0.25) is 5.91 Å². The lowest BCUT2D eigenvalue weighted by Gasteiger charge is -2.46. The molecule has 0 bridgehead atoms. The van der Waals surface area contributed by atoms with Gasteiger partial charge in [0.1, 0.15) is 61.1 Å². The summed E-state index contributed by atoms with van der Waals surface area (Å²) in [4.78, 5) is 126. The predicted molar refractivity (Wildman–Crippen MR) is 542 cm³/mol. The average molecular weight is 2060 g/mol. The summed E-state index contributed by atoms with van der Waals surface area (Å²) in [6.07, 6.45) is 10.3. The number of morpholine rings is 3. The molecule has 0 radical (unpaired) electrons. The monoisotopic (exact) mass is 2060 g/mol. The van der Waals surface area contributed by atoms with Crippen molar-refractivity contribution in [2.75, 3.05) is 153 Å². The molecule has 5 aliphatic heterocycles.